The molecular weight excluding hydrogens is 320 g/mol. The Balaban J connectivity index is 1.78. The van der Waals surface area contributed by atoms with Gasteiger partial charge in [-0.05, 0) is 20.3 Å². The van der Waals surface area contributed by atoms with Crippen LogP contribution in [-0.4, -0.2) is 45.8 Å². The summed E-state index contributed by atoms with van der Waals surface area (Å²) in [5.74, 6) is 1.20. The number of nitrogens with one attached hydrogen (secondary N) is 1. The van der Waals surface area contributed by atoms with Crippen LogP contribution in [0.5, 0.6) is 0 Å². The van der Waals surface area contributed by atoms with E-state index in [1.54, 1.807) is 13.0 Å². The van der Waals surface area contributed by atoms with Gasteiger partial charge in [0.25, 0.3) is 0 Å². The number of aryl methyl sites for hydroxylation is 2. The largest absolute Gasteiger partial charge is 0.364 e. The molecule has 0 spiro atoms. The van der Waals surface area contributed by atoms with Crippen LogP contribution >= 0.6 is 0 Å². The molecule has 3 heterocycles. The Labute approximate surface area is 134 Å². The summed E-state index contributed by atoms with van der Waals surface area (Å²) >= 11 is 0. The molecule has 1 fully saturated rings. The molecule has 1 aliphatic heterocycles. The van der Waals surface area contributed by atoms with Crippen molar-refractivity contribution in [2.24, 2.45) is 0 Å². The molecule has 1 N–H and O–H groups in total. The summed E-state index contributed by atoms with van der Waals surface area (Å²) in [6.07, 6.45) is 1.97. The van der Waals surface area contributed by atoms with Crippen molar-refractivity contribution < 1.29 is 13.0 Å². The number of sulfonamides is 1. The molecule has 3 rings (SSSR count). The van der Waals surface area contributed by atoms with Crippen LogP contribution in [0.25, 0.3) is 0 Å². The highest BCUT2D eigenvalue weighted by Gasteiger charge is 2.37. The van der Waals surface area contributed by atoms with E-state index in [-0.39, 0.29) is 6.04 Å². The molecule has 2 aromatic heterocycles. The van der Waals surface area contributed by atoms with Gasteiger partial charge in [-0.15, -0.1) is 0 Å². The molecule has 1 atom stereocenters. The number of nitrogens with zero attached hydrogens (tertiary/aromatic N) is 5. The number of hydrogen-bond donors (Lipinski definition) is 1. The summed E-state index contributed by atoms with van der Waals surface area (Å²) in [5, 5.41) is 10.7. The van der Waals surface area contributed by atoms with Crippen LogP contribution in [0.4, 0.5) is 5.82 Å². The van der Waals surface area contributed by atoms with Crippen molar-refractivity contribution in [1.29, 1.82) is 0 Å². The smallest absolute Gasteiger partial charge is 0.211 e. The fourth-order valence-electron chi connectivity index (χ4n) is 2.49. The van der Waals surface area contributed by atoms with E-state index in [0.717, 1.165) is 6.42 Å². The normalized spacial score (nSPS) is 18.7. The Morgan fingerprint density at radius 2 is 2.13 bits per heavy atom. The second kappa shape index (κ2) is 5.85. The van der Waals surface area contributed by atoms with Crippen LogP contribution in [-0.2, 0) is 16.6 Å². The molecule has 23 heavy (non-hydrogen) atoms. The number of rotatable bonds is 5. The Morgan fingerprint density at radius 1 is 1.35 bits per heavy atom. The van der Waals surface area contributed by atoms with E-state index in [1.165, 1.54) is 10.6 Å². The van der Waals surface area contributed by atoms with Gasteiger partial charge in [0.1, 0.15) is 23.0 Å². The van der Waals surface area contributed by atoms with Crippen molar-refractivity contribution in [3.8, 4) is 0 Å². The van der Waals surface area contributed by atoms with Gasteiger partial charge in [0.2, 0.25) is 10.0 Å². The zero-order valence-corrected chi connectivity index (χ0v) is 14.0. The maximum Gasteiger partial charge on any atom is 0.211 e. The average molecular weight is 338 g/mol. The van der Waals surface area contributed by atoms with Gasteiger partial charge in [0, 0.05) is 12.6 Å². The zero-order valence-electron chi connectivity index (χ0n) is 13.1. The lowest BCUT2D eigenvalue weighted by Crippen LogP contribution is -2.44. The lowest BCUT2D eigenvalue weighted by molar-refractivity contribution is 0.199. The van der Waals surface area contributed by atoms with Gasteiger partial charge < -0.3 is 5.32 Å². The molecule has 0 saturated carbocycles. The third kappa shape index (κ3) is 3.32. The summed E-state index contributed by atoms with van der Waals surface area (Å²) in [5.41, 5.74) is 2.11. The lowest BCUT2D eigenvalue weighted by Gasteiger charge is -2.38. The Bertz CT molecular complexity index is 819. The van der Waals surface area contributed by atoms with E-state index in [4.69, 9.17) is 0 Å². The predicted octanol–water partition coefficient (Wildman–Crippen LogP) is 0.795. The van der Waals surface area contributed by atoms with Gasteiger partial charge >= 0.3 is 0 Å². The highest BCUT2D eigenvalue weighted by molar-refractivity contribution is 7.88. The first kappa shape index (κ1) is 15.8. The van der Waals surface area contributed by atoms with Crippen LogP contribution in [0.3, 0.4) is 0 Å². The van der Waals surface area contributed by atoms with Crippen molar-refractivity contribution in [3.05, 3.63) is 29.0 Å². The molecule has 2 aromatic rings. The monoisotopic (exact) mass is 338 g/mol. The summed E-state index contributed by atoms with van der Waals surface area (Å²) < 4.78 is 29.6. The van der Waals surface area contributed by atoms with Crippen LogP contribution in [0.15, 0.2) is 10.7 Å². The van der Waals surface area contributed by atoms with E-state index in [0.29, 0.717) is 41.8 Å². The first-order valence-corrected chi connectivity index (χ1v) is 9.04. The van der Waals surface area contributed by atoms with Gasteiger partial charge in [-0.3, -0.25) is 0 Å². The van der Waals surface area contributed by atoms with E-state index < -0.39 is 10.0 Å². The van der Waals surface area contributed by atoms with Gasteiger partial charge in [0.05, 0.1) is 24.5 Å². The molecule has 0 amide bonds. The molecule has 9 nitrogen and oxygen atoms in total. The summed E-state index contributed by atoms with van der Waals surface area (Å²) in [4.78, 5) is 8.70. The zero-order chi connectivity index (χ0) is 16.6. The summed E-state index contributed by atoms with van der Waals surface area (Å²) in [7, 11) is -3.22. The van der Waals surface area contributed by atoms with Crippen molar-refractivity contribution in [1.82, 2.24) is 24.6 Å². The first-order chi connectivity index (χ1) is 10.8. The van der Waals surface area contributed by atoms with Crippen molar-refractivity contribution >= 4 is 15.8 Å². The molecule has 0 radical (unpaired) electrons. The second-order valence-corrected chi connectivity index (χ2v) is 7.49. The van der Waals surface area contributed by atoms with Gasteiger partial charge in [-0.1, -0.05) is 10.3 Å². The minimum Gasteiger partial charge on any atom is -0.364 e. The number of aromatic nitrogens is 4. The minimum atomic E-state index is -3.22. The van der Waals surface area contributed by atoms with E-state index in [1.807, 2.05) is 6.92 Å². The molecule has 0 bridgehead atoms. The van der Waals surface area contributed by atoms with Crippen molar-refractivity contribution in [3.63, 3.8) is 0 Å². The molecular formula is C13H18N6O3S. The topological polar surface area (TPSA) is 114 Å². The summed E-state index contributed by atoms with van der Waals surface area (Å²) in [6.45, 7) is 4.54. The minimum absolute atomic E-state index is 0.220. The van der Waals surface area contributed by atoms with Gasteiger partial charge in [0.15, 0.2) is 0 Å². The molecule has 0 unspecified atom stereocenters. The highest BCUT2D eigenvalue weighted by atomic mass is 32.2. The Hall–Kier alpha value is -2.07. The third-order valence-corrected chi connectivity index (χ3v) is 5.07. The van der Waals surface area contributed by atoms with Gasteiger partial charge in [-0.2, -0.15) is 4.31 Å². The van der Waals surface area contributed by atoms with Crippen LogP contribution < -0.4 is 5.32 Å². The maximum absolute atomic E-state index is 11.7. The first-order valence-electron chi connectivity index (χ1n) is 7.19. The second-order valence-electron chi connectivity index (χ2n) is 5.55. The Morgan fingerprint density at radius 3 is 2.70 bits per heavy atom. The molecule has 10 heteroatoms. The molecule has 1 aliphatic rings. The van der Waals surface area contributed by atoms with Crippen LogP contribution in [0.2, 0.25) is 0 Å². The lowest BCUT2D eigenvalue weighted by atomic mass is 10.0. The fraction of sp³-hybridized carbons (Fsp3) is 0.538. The van der Waals surface area contributed by atoms with Gasteiger partial charge in [-0.25, -0.2) is 23.0 Å². The number of anilines is 1. The number of hydrogen-bond acceptors (Lipinski definition) is 8. The quantitative estimate of drug-likeness (QED) is 0.851. The van der Waals surface area contributed by atoms with E-state index in [2.05, 4.69) is 30.2 Å². The maximum atomic E-state index is 11.7. The van der Waals surface area contributed by atoms with Crippen molar-refractivity contribution in [2.45, 2.75) is 32.9 Å². The van der Waals surface area contributed by atoms with E-state index >= 15 is 0 Å². The standard InChI is InChI=1S/C13H18N6O3S/c1-8-11(18-22-17-8)7-14-13-6-10(15-9(2)16-13)12-4-5-19(12)23(3,20)21/h6,12H,4-5,7H2,1-3H3,(H,14,15,16)/t12-/m1/s1. The molecule has 0 aliphatic carbocycles. The summed E-state index contributed by atoms with van der Waals surface area (Å²) in [6, 6.07) is 1.56. The SMILES string of the molecule is Cc1nc(NCc2nonc2C)cc([C@H]2CCN2S(C)(=O)=O)n1. The molecule has 124 valence electrons. The van der Waals surface area contributed by atoms with Crippen molar-refractivity contribution in [2.75, 3.05) is 18.1 Å². The molecule has 0 aromatic carbocycles. The van der Waals surface area contributed by atoms with Crippen LogP contribution in [0, 0.1) is 13.8 Å². The third-order valence-electron chi connectivity index (χ3n) is 3.78. The highest BCUT2D eigenvalue weighted by Crippen LogP contribution is 2.34. The molecule has 1 saturated heterocycles. The fourth-order valence-corrected chi connectivity index (χ4v) is 3.60. The average Bonchev–Trinajstić information content (AvgIpc) is 2.78. The van der Waals surface area contributed by atoms with Crippen LogP contribution in [0.1, 0.15) is 35.4 Å². The Kier molecular flexibility index (Phi) is 4.02. The van der Waals surface area contributed by atoms with E-state index in [9.17, 15) is 8.42 Å². The predicted molar refractivity (Wildman–Crippen MR) is 82.0 cm³/mol.